The summed E-state index contributed by atoms with van der Waals surface area (Å²) in [4.78, 5) is 21.7. The van der Waals surface area contributed by atoms with Crippen LogP contribution in [0.5, 0.6) is 0 Å². The fourth-order valence-electron chi connectivity index (χ4n) is 4.36. The average molecular weight is 410 g/mol. The molecule has 0 aromatic carbocycles. The van der Waals surface area contributed by atoms with Crippen LogP contribution in [0.15, 0.2) is 36.5 Å². The summed E-state index contributed by atoms with van der Waals surface area (Å²) in [6.07, 6.45) is 4.17. The Morgan fingerprint density at radius 3 is 2.83 bits per heavy atom. The number of likely N-dealkylation sites (tertiary alicyclic amines) is 1. The lowest BCUT2D eigenvalue weighted by Crippen LogP contribution is -2.48. The summed E-state index contributed by atoms with van der Waals surface area (Å²) in [5, 5.41) is 4.11. The topological polar surface area (TPSA) is 86.3 Å². The number of carbonyl (C=O) groups excluding carboxylic acids is 1. The van der Waals surface area contributed by atoms with Gasteiger partial charge in [-0.2, -0.15) is 5.10 Å². The Morgan fingerprint density at radius 1 is 1.28 bits per heavy atom. The third-order valence-electron chi connectivity index (χ3n) is 5.93. The molecule has 8 heteroatoms. The van der Waals surface area contributed by atoms with E-state index in [-0.39, 0.29) is 11.5 Å². The van der Waals surface area contributed by atoms with Gasteiger partial charge in [0.2, 0.25) is 0 Å². The Hall–Kier alpha value is -2.71. The first-order valence-corrected chi connectivity index (χ1v) is 10.6. The molecule has 0 saturated carbocycles. The van der Waals surface area contributed by atoms with E-state index < -0.39 is 0 Å². The van der Waals surface area contributed by atoms with Crippen LogP contribution < -0.4 is 5.73 Å². The molecule has 5 rings (SSSR count). The highest BCUT2D eigenvalue weighted by atomic mass is 32.1. The summed E-state index contributed by atoms with van der Waals surface area (Å²) in [5.41, 5.74) is 8.35. The standard InChI is InChI=1S/C21H23N5O2S/c1-25-16(5-9-23-25)20(27)26-10-7-21(8-11-26)14-13-18(29-17(14)6-12-28-21)15-3-2-4-19(22)24-15/h2-5,9,13H,6-8,10-12H2,1H3,(H2,22,24). The molecule has 0 atom stereocenters. The molecule has 1 saturated heterocycles. The van der Waals surface area contributed by atoms with E-state index in [1.54, 1.807) is 41.4 Å². The van der Waals surface area contributed by atoms with E-state index in [0.717, 1.165) is 29.8 Å². The van der Waals surface area contributed by atoms with Crippen LogP contribution in [0.1, 0.15) is 33.8 Å². The zero-order valence-electron chi connectivity index (χ0n) is 16.3. The quantitative estimate of drug-likeness (QED) is 0.703. The number of hydrogen-bond donors (Lipinski definition) is 1. The van der Waals surface area contributed by atoms with Gasteiger partial charge in [-0.3, -0.25) is 9.48 Å². The molecule has 1 spiro atoms. The number of fused-ring (bicyclic) bond motifs is 2. The molecule has 3 aromatic heterocycles. The number of ether oxygens (including phenoxy) is 1. The van der Waals surface area contributed by atoms with Crippen LogP contribution in [0, 0.1) is 0 Å². The number of nitrogens with zero attached hydrogens (tertiary/aromatic N) is 4. The molecule has 1 amide bonds. The number of aromatic nitrogens is 3. The van der Waals surface area contributed by atoms with Crippen molar-refractivity contribution in [3.05, 3.63) is 52.7 Å². The second-order valence-electron chi connectivity index (χ2n) is 7.62. The summed E-state index contributed by atoms with van der Waals surface area (Å²) in [5.74, 6) is 0.563. The minimum absolute atomic E-state index is 0.0332. The van der Waals surface area contributed by atoms with Crippen LogP contribution in [-0.4, -0.2) is 45.3 Å². The van der Waals surface area contributed by atoms with Crippen LogP contribution in [0.25, 0.3) is 10.6 Å². The van der Waals surface area contributed by atoms with E-state index in [0.29, 0.717) is 31.2 Å². The van der Waals surface area contributed by atoms with Gasteiger partial charge in [0.1, 0.15) is 11.5 Å². The maximum absolute atomic E-state index is 12.8. The minimum Gasteiger partial charge on any atom is -0.384 e. The fourth-order valence-corrected chi connectivity index (χ4v) is 5.56. The Balaban J connectivity index is 1.40. The van der Waals surface area contributed by atoms with Crippen LogP contribution in [0.2, 0.25) is 0 Å². The molecule has 2 aliphatic heterocycles. The van der Waals surface area contributed by atoms with Gasteiger partial charge in [-0.05, 0) is 42.7 Å². The summed E-state index contributed by atoms with van der Waals surface area (Å²) in [6, 6.07) is 9.73. The molecule has 1 fully saturated rings. The number of carbonyl (C=O) groups is 1. The zero-order valence-corrected chi connectivity index (χ0v) is 17.1. The largest absolute Gasteiger partial charge is 0.384 e. The van der Waals surface area contributed by atoms with E-state index in [4.69, 9.17) is 10.5 Å². The molecule has 0 unspecified atom stereocenters. The number of rotatable bonds is 2. The van der Waals surface area contributed by atoms with Crippen molar-refractivity contribution in [2.24, 2.45) is 7.05 Å². The van der Waals surface area contributed by atoms with Crippen LogP contribution in [0.3, 0.4) is 0 Å². The van der Waals surface area contributed by atoms with Crippen LogP contribution in [-0.2, 0) is 23.8 Å². The van der Waals surface area contributed by atoms with Gasteiger partial charge in [0.15, 0.2) is 0 Å². The van der Waals surface area contributed by atoms with Gasteiger partial charge >= 0.3 is 0 Å². The Labute approximate surface area is 173 Å². The van der Waals surface area contributed by atoms with Crippen molar-refractivity contribution >= 4 is 23.1 Å². The first-order chi connectivity index (χ1) is 14.1. The molecule has 5 heterocycles. The fraction of sp³-hybridized carbons (Fsp3) is 0.381. The van der Waals surface area contributed by atoms with E-state index in [1.807, 2.05) is 17.0 Å². The summed E-state index contributed by atoms with van der Waals surface area (Å²) < 4.78 is 7.98. The lowest BCUT2D eigenvalue weighted by Gasteiger charge is -2.44. The third-order valence-corrected chi connectivity index (χ3v) is 7.15. The first-order valence-electron chi connectivity index (χ1n) is 9.83. The average Bonchev–Trinajstić information content (AvgIpc) is 3.35. The first kappa shape index (κ1) is 18.3. The number of piperidine rings is 1. The number of pyridine rings is 1. The molecule has 0 radical (unpaired) electrons. The molecular formula is C21H23N5O2S. The molecule has 2 aliphatic rings. The van der Waals surface area contributed by atoms with Gasteiger partial charge in [-0.15, -0.1) is 11.3 Å². The molecule has 0 bridgehead atoms. The van der Waals surface area contributed by atoms with Gasteiger partial charge in [0, 0.05) is 37.6 Å². The van der Waals surface area contributed by atoms with Gasteiger partial charge in [0.05, 0.1) is 22.8 Å². The lowest BCUT2D eigenvalue weighted by molar-refractivity contribution is -0.0927. The predicted octanol–water partition coefficient (Wildman–Crippen LogP) is 2.83. The van der Waals surface area contributed by atoms with Gasteiger partial charge in [-0.25, -0.2) is 4.98 Å². The Morgan fingerprint density at radius 2 is 2.10 bits per heavy atom. The number of amides is 1. The number of anilines is 1. The molecule has 3 aromatic rings. The second-order valence-corrected chi connectivity index (χ2v) is 8.76. The maximum atomic E-state index is 12.8. The Kier molecular flexibility index (Phi) is 4.40. The van der Waals surface area contributed by atoms with Crippen LogP contribution in [0.4, 0.5) is 5.82 Å². The third kappa shape index (κ3) is 3.12. The van der Waals surface area contributed by atoms with E-state index in [9.17, 15) is 4.79 Å². The van der Waals surface area contributed by atoms with Crippen molar-refractivity contribution in [2.75, 3.05) is 25.4 Å². The SMILES string of the molecule is Cn1nccc1C(=O)N1CCC2(CC1)OCCc1sc(-c3cccc(N)n3)cc12. The molecule has 0 aliphatic carbocycles. The second kappa shape index (κ2) is 6.96. The van der Waals surface area contributed by atoms with Gasteiger partial charge in [-0.1, -0.05) is 6.07 Å². The Bertz CT molecular complexity index is 1060. The highest BCUT2D eigenvalue weighted by Crippen LogP contribution is 2.46. The zero-order chi connectivity index (χ0) is 20.0. The van der Waals surface area contributed by atoms with E-state index >= 15 is 0 Å². The molecular weight excluding hydrogens is 386 g/mol. The van der Waals surface area contributed by atoms with Crippen molar-refractivity contribution in [2.45, 2.75) is 24.9 Å². The summed E-state index contributed by atoms with van der Waals surface area (Å²) in [7, 11) is 1.80. The van der Waals surface area contributed by atoms with E-state index in [2.05, 4.69) is 16.1 Å². The highest BCUT2D eigenvalue weighted by Gasteiger charge is 2.43. The molecule has 150 valence electrons. The van der Waals surface area contributed by atoms with Crippen molar-refractivity contribution in [3.63, 3.8) is 0 Å². The monoisotopic (exact) mass is 409 g/mol. The van der Waals surface area contributed by atoms with Crippen LogP contribution >= 0.6 is 11.3 Å². The molecule has 2 N–H and O–H groups in total. The summed E-state index contributed by atoms with van der Waals surface area (Å²) in [6.45, 7) is 2.06. The predicted molar refractivity (Wildman–Crippen MR) is 112 cm³/mol. The maximum Gasteiger partial charge on any atom is 0.272 e. The number of hydrogen-bond acceptors (Lipinski definition) is 6. The minimum atomic E-state index is -0.314. The van der Waals surface area contributed by atoms with Crippen molar-refractivity contribution in [3.8, 4) is 10.6 Å². The number of nitrogens with two attached hydrogens (primary N) is 1. The van der Waals surface area contributed by atoms with Gasteiger partial charge < -0.3 is 15.4 Å². The number of nitrogen functional groups attached to an aromatic ring is 1. The van der Waals surface area contributed by atoms with Gasteiger partial charge in [0.25, 0.3) is 5.91 Å². The van der Waals surface area contributed by atoms with Crippen molar-refractivity contribution in [1.82, 2.24) is 19.7 Å². The smallest absolute Gasteiger partial charge is 0.272 e. The highest BCUT2D eigenvalue weighted by molar-refractivity contribution is 7.15. The molecule has 29 heavy (non-hydrogen) atoms. The number of aryl methyl sites for hydroxylation is 1. The summed E-state index contributed by atoms with van der Waals surface area (Å²) >= 11 is 1.78. The normalized spacial score (nSPS) is 18.0. The number of thiophene rings is 1. The lowest BCUT2D eigenvalue weighted by atomic mass is 9.82. The van der Waals surface area contributed by atoms with E-state index in [1.165, 1.54) is 10.4 Å². The molecule has 7 nitrogen and oxygen atoms in total. The van der Waals surface area contributed by atoms with Crippen molar-refractivity contribution in [1.29, 1.82) is 0 Å². The van der Waals surface area contributed by atoms with Crippen molar-refractivity contribution < 1.29 is 9.53 Å².